The summed E-state index contributed by atoms with van der Waals surface area (Å²) in [5.74, 6) is 0.840. The van der Waals surface area contributed by atoms with Gasteiger partial charge in [-0.05, 0) is 50.1 Å². The number of piperidine rings is 1. The number of carbonyl (C=O) groups excluding carboxylic acids is 1. The summed E-state index contributed by atoms with van der Waals surface area (Å²) in [4.78, 5) is 12.9. The van der Waals surface area contributed by atoms with E-state index in [0.29, 0.717) is 29.9 Å². The second-order valence-electron chi connectivity index (χ2n) is 7.96. The first kappa shape index (κ1) is 21.4. The predicted octanol–water partition coefficient (Wildman–Crippen LogP) is 2.81. The van der Waals surface area contributed by atoms with E-state index < -0.39 is 10.0 Å². The van der Waals surface area contributed by atoms with Crippen LogP contribution in [-0.2, 0) is 14.8 Å². The number of carbonyl (C=O) groups is 1. The molecule has 2 aromatic carbocycles. The van der Waals surface area contributed by atoms with Gasteiger partial charge in [0.15, 0.2) is 11.5 Å². The summed E-state index contributed by atoms with van der Waals surface area (Å²) in [6.07, 6.45) is 0.806. The minimum Gasteiger partial charge on any atom is -0.454 e. The monoisotopic (exact) mass is 470 g/mol. The van der Waals surface area contributed by atoms with Crippen LogP contribution in [0.25, 0.3) is 11.5 Å². The molecule has 3 heterocycles. The zero-order valence-corrected chi connectivity index (χ0v) is 18.7. The molecule has 0 saturated carbocycles. The molecule has 5 rings (SSSR count). The van der Waals surface area contributed by atoms with Crippen molar-refractivity contribution in [2.45, 2.75) is 24.7 Å². The van der Waals surface area contributed by atoms with E-state index in [9.17, 15) is 13.2 Å². The van der Waals surface area contributed by atoms with Crippen LogP contribution in [0.5, 0.6) is 11.5 Å². The number of sulfonamides is 1. The van der Waals surface area contributed by atoms with Crippen molar-refractivity contribution in [1.82, 2.24) is 14.5 Å². The van der Waals surface area contributed by atoms with Gasteiger partial charge in [-0.2, -0.15) is 4.31 Å². The average molecular weight is 471 g/mol. The average Bonchev–Trinajstić information content (AvgIpc) is 3.48. The van der Waals surface area contributed by atoms with E-state index in [4.69, 9.17) is 13.9 Å². The van der Waals surface area contributed by atoms with Crippen LogP contribution in [0.3, 0.4) is 0 Å². The molecule has 0 radical (unpaired) electrons. The number of anilines is 1. The number of nitrogens with zero attached hydrogens (tertiary/aromatic N) is 3. The van der Waals surface area contributed by atoms with Crippen LogP contribution < -0.4 is 14.8 Å². The molecule has 10 nitrogen and oxygen atoms in total. The molecule has 1 aromatic heterocycles. The molecule has 0 bridgehead atoms. The molecular weight excluding hydrogens is 448 g/mol. The lowest BCUT2D eigenvalue weighted by Gasteiger charge is -2.30. The summed E-state index contributed by atoms with van der Waals surface area (Å²) in [5.41, 5.74) is 1.63. The van der Waals surface area contributed by atoms with E-state index >= 15 is 0 Å². The molecule has 2 aliphatic heterocycles. The van der Waals surface area contributed by atoms with Crippen molar-refractivity contribution < 1.29 is 27.1 Å². The first-order valence-corrected chi connectivity index (χ1v) is 12.0. The van der Waals surface area contributed by atoms with Gasteiger partial charge < -0.3 is 13.9 Å². The fourth-order valence-electron chi connectivity index (χ4n) is 3.85. The van der Waals surface area contributed by atoms with Crippen LogP contribution in [0, 0.1) is 12.8 Å². The van der Waals surface area contributed by atoms with Crippen LogP contribution in [0.2, 0.25) is 0 Å². The number of benzene rings is 2. The van der Waals surface area contributed by atoms with Crippen molar-refractivity contribution >= 4 is 21.9 Å². The van der Waals surface area contributed by atoms with Crippen molar-refractivity contribution in [3.63, 3.8) is 0 Å². The Kier molecular flexibility index (Phi) is 5.51. The molecule has 172 valence electrons. The number of nitrogens with one attached hydrogen (secondary N) is 1. The van der Waals surface area contributed by atoms with Gasteiger partial charge in [0.05, 0.1) is 4.90 Å². The molecule has 1 amide bonds. The van der Waals surface area contributed by atoms with E-state index in [-0.39, 0.29) is 48.5 Å². The number of aryl methyl sites for hydroxylation is 1. The molecule has 1 N–H and O–H groups in total. The first-order chi connectivity index (χ1) is 15.9. The van der Waals surface area contributed by atoms with E-state index in [0.717, 1.165) is 5.56 Å². The summed E-state index contributed by atoms with van der Waals surface area (Å²) in [6.45, 7) is 2.60. The number of ether oxygens (including phenoxy) is 2. The highest BCUT2D eigenvalue weighted by Gasteiger charge is 2.32. The lowest BCUT2D eigenvalue weighted by molar-refractivity contribution is -0.121. The lowest BCUT2D eigenvalue weighted by atomic mass is 9.97. The largest absolute Gasteiger partial charge is 0.454 e. The van der Waals surface area contributed by atoms with Gasteiger partial charge >= 0.3 is 6.01 Å². The van der Waals surface area contributed by atoms with Crippen molar-refractivity contribution in [3.8, 4) is 23.0 Å². The fraction of sp³-hybridized carbons (Fsp3) is 0.318. The molecule has 3 aromatic rings. The minimum atomic E-state index is -3.58. The Morgan fingerprint density at radius 1 is 1.03 bits per heavy atom. The number of hydrogen-bond donors (Lipinski definition) is 1. The summed E-state index contributed by atoms with van der Waals surface area (Å²) < 4.78 is 43.3. The molecule has 0 atom stereocenters. The van der Waals surface area contributed by atoms with Crippen molar-refractivity contribution in [2.75, 3.05) is 25.2 Å². The molecular formula is C22H22N4O6S. The quantitative estimate of drug-likeness (QED) is 0.604. The second-order valence-corrected chi connectivity index (χ2v) is 9.90. The molecule has 1 fully saturated rings. The molecule has 11 heteroatoms. The van der Waals surface area contributed by atoms with Crippen LogP contribution in [0.15, 0.2) is 51.8 Å². The van der Waals surface area contributed by atoms with Gasteiger partial charge in [0.25, 0.3) is 0 Å². The Balaban J connectivity index is 1.19. The molecule has 1 saturated heterocycles. The lowest BCUT2D eigenvalue weighted by Crippen LogP contribution is -2.41. The van der Waals surface area contributed by atoms with Crippen LogP contribution in [0.4, 0.5) is 6.01 Å². The maximum atomic E-state index is 12.8. The SMILES string of the molecule is Cc1ccc(S(=O)(=O)N2CCC(C(=O)Nc3nnc(-c4ccc5c(c4)OCO5)o3)CC2)cc1. The third kappa shape index (κ3) is 4.29. The number of hydrogen-bond acceptors (Lipinski definition) is 8. The Morgan fingerprint density at radius 2 is 1.76 bits per heavy atom. The molecule has 2 aliphatic rings. The maximum Gasteiger partial charge on any atom is 0.322 e. The Bertz CT molecular complexity index is 1280. The zero-order chi connectivity index (χ0) is 23.0. The van der Waals surface area contributed by atoms with E-state index in [1.54, 1.807) is 42.5 Å². The Hall–Kier alpha value is -3.44. The fourth-order valence-corrected chi connectivity index (χ4v) is 5.31. The van der Waals surface area contributed by atoms with Gasteiger partial charge in [0.2, 0.25) is 28.6 Å². The standard InChI is InChI=1S/C22H22N4O6S/c1-14-2-5-17(6-3-14)33(28,29)26-10-8-15(9-11-26)20(27)23-22-25-24-21(32-22)16-4-7-18-19(12-16)31-13-30-18/h2-7,12,15H,8-11,13H2,1H3,(H,23,25,27). The van der Waals surface area contributed by atoms with Gasteiger partial charge in [-0.15, -0.1) is 5.10 Å². The van der Waals surface area contributed by atoms with Crippen molar-refractivity contribution in [1.29, 1.82) is 0 Å². The Morgan fingerprint density at radius 3 is 2.52 bits per heavy atom. The zero-order valence-electron chi connectivity index (χ0n) is 17.9. The molecule has 0 aliphatic carbocycles. The van der Waals surface area contributed by atoms with Crippen molar-refractivity contribution in [3.05, 3.63) is 48.0 Å². The van der Waals surface area contributed by atoms with E-state index in [1.165, 1.54) is 4.31 Å². The normalized spacial score (nSPS) is 16.6. The highest BCUT2D eigenvalue weighted by Crippen LogP contribution is 2.35. The second kappa shape index (κ2) is 8.49. The van der Waals surface area contributed by atoms with Gasteiger partial charge in [0.1, 0.15) is 0 Å². The smallest absolute Gasteiger partial charge is 0.322 e. The maximum absolute atomic E-state index is 12.8. The van der Waals surface area contributed by atoms with Crippen LogP contribution >= 0.6 is 0 Å². The van der Waals surface area contributed by atoms with Gasteiger partial charge in [-0.25, -0.2) is 8.42 Å². The highest BCUT2D eigenvalue weighted by atomic mass is 32.2. The summed E-state index contributed by atoms with van der Waals surface area (Å²) in [5, 5.41) is 10.5. The predicted molar refractivity (Wildman–Crippen MR) is 117 cm³/mol. The number of amides is 1. The van der Waals surface area contributed by atoms with E-state index in [2.05, 4.69) is 15.5 Å². The topological polar surface area (TPSA) is 124 Å². The third-order valence-electron chi connectivity index (χ3n) is 5.76. The highest BCUT2D eigenvalue weighted by molar-refractivity contribution is 7.89. The van der Waals surface area contributed by atoms with Crippen molar-refractivity contribution in [2.24, 2.45) is 5.92 Å². The van der Waals surface area contributed by atoms with Gasteiger partial charge in [-0.1, -0.05) is 22.8 Å². The number of fused-ring (bicyclic) bond motifs is 1. The third-order valence-corrected chi connectivity index (χ3v) is 7.67. The van der Waals surface area contributed by atoms with E-state index in [1.807, 2.05) is 6.92 Å². The summed E-state index contributed by atoms with van der Waals surface area (Å²) in [6, 6.07) is 12.0. The summed E-state index contributed by atoms with van der Waals surface area (Å²) in [7, 11) is -3.58. The van der Waals surface area contributed by atoms with Crippen LogP contribution in [-0.4, -0.2) is 48.7 Å². The molecule has 0 spiro atoms. The Labute approximate surface area is 190 Å². The number of aromatic nitrogens is 2. The first-order valence-electron chi connectivity index (χ1n) is 10.5. The molecule has 0 unspecified atom stereocenters. The van der Waals surface area contributed by atoms with Gasteiger partial charge in [-0.3, -0.25) is 10.1 Å². The minimum absolute atomic E-state index is 0.0117. The molecule has 33 heavy (non-hydrogen) atoms. The van der Waals surface area contributed by atoms with Gasteiger partial charge in [0, 0.05) is 24.6 Å². The van der Waals surface area contributed by atoms with Crippen LogP contribution in [0.1, 0.15) is 18.4 Å². The number of rotatable bonds is 5. The summed E-state index contributed by atoms with van der Waals surface area (Å²) >= 11 is 0.